The van der Waals surface area contributed by atoms with Gasteiger partial charge in [0.15, 0.2) is 0 Å². The zero-order chi connectivity index (χ0) is 19.4. The highest BCUT2D eigenvalue weighted by Gasteiger charge is 2.14. The maximum Gasteiger partial charge on any atom is 0.275 e. The molecule has 0 radical (unpaired) electrons. The van der Waals surface area contributed by atoms with Gasteiger partial charge in [-0.3, -0.25) is 24.6 Å². The molecule has 0 saturated carbocycles. The van der Waals surface area contributed by atoms with Crippen molar-refractivity contribution in [1.82, 2.24) is 14.8 Å². The van der Waals surface area contributed by atoms with E-state index in [4.69, 9.17) is 4.74 Å². The molecule has 1 aromatic carbocycles. The number of nitro groups is 1. The molecule has 0 spiro atoms. The van der Waals surface area contributed by atoms with E-state index < -0.39 is 4.92 Å². The summed E-state index contributed by atoms with van der Waals surface area (Å²) in [5.41, 5.74) is 1.72. The predicted molar refractivity (Wildman–Crippen MR) is 97.7 cm³/mol. The lowest BCUT2D eigenvalue weighted by Crippen LogP contribution is -2.20. The number of carbonyl (C=O) groups excluding carboxylic acids is 1. The van der Waals surface area contributed by atoms with Crippen molar-refractivity contribution in [2.24, 2.45) is 0 Å². The Morgan fingerprint density at radius 1 is 1.26 bits per heavy atom. The van der Waals surface area contributed by atoms with Crippen molar-refractivity contribution in [3.8, 4) is 11.5 Å². The van der Waals surface area contributed by atoms with Crippen LogP contribution < -0.4 is 10.1 Å². The fourth-order valence-electron chi connectivity index (χ4n) is 2.53. The number of rotatable bonds is 6. The average Bonchev–Trinajstić information content (AvgIpc) is 2.92. The Hall–Kier alpha value is -3.75. The summed E-state index contributed by atoms with van der Waals surface area (Å²) in [5.74, 6) is 0.297. The normalized spacial score (nSPS) is 10.4. The van der Waals surface area contributed by atoms with Crippen molar-refractivity contribution in [2.45, 2.75) is 20.4 Å². The maximum absolute atomic E-state index is 12.3. The number of ether oxygens (including phenoxy) is 1. The van der Waals surface area contributed by atoms with Crippen LogP contribution in [0.5, 0.6) is 11.5 Å². The second kappa shape index (κ2) is 7.65. The summed E-state index contributed by atoms with van der Waals surface area (Å²) in [4.78, 5) is 26.9. The van der Waals surface area contributed by atoms with Gasteiger partial charge in [0.25, 0.3) is 5.69 Å². The SMILES string of the molecule is Cc1cc(C)n(CC(=O)Nc2cc(Oc3cccnc3)cc([N+](=O)[O-])c2)n1. The Morgan fingerprint density at radius 2 is 2.07 bits per heavy atom. The summed E-state index contributed by atoms with van der Waals surface area (Å²) in [6, 6.07) is 9.29. The molecule has 0 saturated heterocycles. The number of nitro benzene ring substituents is 1. The van der Waals surface area contributed by atoms with Crippen molar-refractivity contribution in [1.29, 1.82) is 0 Å². The number of hydrogen-bond donors (Lipinski definition) is 1. The molecule has 0 aliphatic rings. The lowest BCUT2D eigenvalue weighted by Gasteiger charge is -2.10. The summed E-state index contributed by atoms with van der Waals surface area (Å²) in [7, 11) is 0. The van der Waals surface area contributed by atoms with E-state index in [0.717, 1.165) is 11.4 Å². The standard InChI is InChI=1S/C18H17N5O4/c1-12-6-13(2)22(21-12)11-18(24)20-14-7-15(23(25)26)9-17(8-14)27-16-4-3-5-19-10-16/h3-10H,11H2,1-2H3,(H,20,24). The number of carbonyl (C=O) groups is 1. The largest absolute Gasteiger partial charge is 0.455 e. The first-order chi connectivity index (χ1) is 12.9. The third kappa shape index (κ3) is 4.66. The number of non-ortho nitro benzene ring substituents is 1. The van der Waals surface area contributed by atoms with E-state index in [1.807, 2.05) is 19.9 Å². The van der Waals surface area contributed by atoms with Gasteiger partial charge >= 0.3 is 0 Å². The molecule has 27 heavy (non-hydrogen) atoms. The monoisotopic (exact) mass is 367 g/mol. The van der Waals surface area contributed by atoms with Crippen molar-refractivity contribution in [2.75, 3.05) is 5.32 Å². The van der Waals surface area contributed by atoms with Crippen molar-refractivity contribution in [3.63, 3.8) is 0 Å². The Morgan fingerprint density at radius 3 is 2.70 bits per heavy atom. The molecule has 0 aliphatic heterocycles. The van der Waals surface area contributed by atoms with E-state index in [-0.39, 0.29) is 29.6 Å². The minimum absolute atomic E-state index is 0.00115. The Balaban J connectivity index is 1.80. The van der Waals surface area contributed by atoms with Crippen LogP contribution in [-0.2, 0) is 11.3 Å². The fraction of sp³-hybridized carbons (Fsp3) is 0.167. The van der Waals surface area contributed by atoms with E-state index in [9.17, 15) is 14.9 Å². The first-order valence-electron chi connectivity index (χ1n) is 8.09. The molecule has 0 fully saturated rings. The zero-order valence-electron chi connectivity index (χ0n) is 14.7. The van der Waals surface area contributed by atoms with E-state index in [2.05, 4.69) is 15.4 Å². The molecule has 0 atom stereocenters. The number of hydrogen-bond acceptors (Lipinski definition) is 6. The Labute approximate surface area is 154 Å². The average molecular weight is 367 g/mol. The molecule has 0 bridgehead atoms. The summed E-state index contributed by atoms with van der Waals surface area (Å²) in [6.07, 6.45) is 3.07. The van der Waals surface area contributed by atoms with Crippen LogP contribution in [0.15, 0.2) is 48.8 Å². The second-order valence-electron chi connectivity index (χ2n) is 5.90. The van der Waals surface area contributed by atoms with E-state index >= 15 is 0 Å². The van der Waals surface area contributed by atoms with Gasteiger partial charge < -0.3 is 10.1 Å². The second-order valence-corrected chi connectivity index (χ2v) is 5.90. The predicted octanol–water partition coefficient (Wildman–Crippen LogP) is 3.23. The summed E-state index contributed by atoms with van der Waals surface area (Å²) < 4.78 is 7.16. The van der Waals surface area contributed by atoms with E-state index in [0.29, 0.717) is 5.75 Å². The molecular formula is C18H17N5O4. The molecule has 9 heteroatoms. The van der Waals surface area contributed by atoms with E-state index in [1.54, 1.807) is 23.0 Å². The molecule has 2 heterocycles. The zero-order valence-corrected chi connectivity index (χ0v) is 14.7. The van der Waals surface area contributed by atoms with Gasteiger partial charge in [0, 0.05) is 24.0 Å². The van der Waals surface area contributed by atoms with Gasteiger partial charge in [-0.15, -0.1) is 0 Å². The fourth-order valence-corrected chi connectivity index (χ4v) is 2.53. The van der Waals surface area contributed by atoms with Gasteiger partial charge in [0.1, 0.15) is 18.0 Å². The molecular weight excluding hydrogens is 350 g/mol. The molecule has 2 aromatic heterocycles. The minimum atomic E-state index is -0.549. The highest BCUT2D eigenvalue weighted by molar-refractivity contribution is 5.91. The van der Waals surface area contributed by atoms with Gasteiger partial charge in [-0.25, -0.2) is 0 Å². The topological polar surface area (TPSA) is 112 Å². The van der Waals surface area contributed by atoms with Crippen LogP contribution in [0.3, 0.4) is 0 Å². The minimum Gasteiger partial charge on any atom is -0.455 e. The molecule has 3 rings (SSSR count). The number of amides is 1. The number of anilines is 1. The molecule has 1 N–H and O–H groups in total. The van der Waals surface area contributed by atoms with Crippen molar-refractivity contribution < 1.29 is 14.5 Å². The third-order valence-corrected chi connectivity index (χ3v) is 3.65. The lowest BCUT2D eigenvalue weighted by atomic mass is 10.2. The quantitative estimate of drug-likeness (QED) is 0.529. The maximum atomic E-state index is 12.3. The molecule has 1 amide bonds. The number of aromatic nitrogens is 3. The van der Waals surface area contributed by atoms with Crippen LogP contribution >= 0.6 is 0 Å². The van der Waals surface area contributed by atoms with Gasteiger partial charge in [-0.1, -0.05) is 0 Å². The van der Waals surface area contributed by atoms with E-state index in [1.165, 1.54) is 24.4 Å². The summed E-state index contributed by atoms with van der Waals surface area (Å²) in [5, 5.41) is 18.1. The van der Waals surface area contributed by atoms with Crippen LogP contribution in [0.25, 0.3) is 0 Å². The van der Waals surface area contributed by atoms with Crippen LogP contribution in [0.1, 0.15) is 11.4 Å². The van der Waals surface area contributed by atoms with Gasteiger partial charge in [-0.05, 0) is 32.0 Å². The molecule has 3 aromatic rings. The van der Waals surface area contributed by atoms with Crippen molar-refractivity contribution >= 4 is 17.3 Å². The highest BCUT2D eigenvalue weighted by Crippen LogP contribution is 2.29. The van der Waals surface area contributed by atoms with Gasteiger partial charge in [-0.2, -0.15) is 5.10 Å². The molecule has 0 aliphatic carbocycles. The van der Waals surface area contributed by atoms with Crippen LogP contribution in [0, 0.1) is 24.0 Å². The Bertz CT molecular complexity index is 985. The van der Waals surface area contributed by atoms with Crippen LogP contribution in [0.4, 0.5) is 11.4 Å². The highest BCUT2D eigenvalue weighted by atomic mass is 16.6. The number of benzene rings is 1. The number of aryl methyl sites for hydroxylation is 2. The number of nitrogens with one attached hydrogen (secondary N) is 1. The van der Waals surface area contributed by atoms with Crippen LogP contribution in [-0.4, -0.2) is 25.6 Å². The first kappa shape index (κ1) is 18.1. The lowest BCUT2D eigenvalue weighted by molar-refractivity contribution is -0.384. The van der Waals surface area contributed by atoms with Gasteiger partial charge in [0.2, 0.25) is 5.91 Å². The number of nitrogens with zero attached hydrogens (tertiary/aromatic N) is 4. The Kier molecular flexibility index (Phi) is 5.11. The number of pyridine rings is 1. The first-order valence-corrected chi connectivity index (χ1v) is 8.09. The molecule has 9 nitrogen and oxygen atoms in total. The summed E-state index contributed by atoms with van der Waals surface area (Å²) in [6.45, 7) is 3.69. The van der Waals surface area contributed by atoms with Crippen molar-refractivity contribution in [3.05, 3.63) is 70.3 Å². The third-order valence-electron chi connectivity index (χ3n) is 3.65. The molecule has 138 valence electrons. The smallest absolute Gasteiger partial charge is 0.275 e. The molecule has 0 unspecified atom stereocenters. The van der Waals surface area contributed by atoms with Crippen LogP contribution in [0.2, 0.25) is 0 Å². The van der Waals surface area contributed by atoms with Gasteiger partial charge in [0.05, 0.1) is 28.6 Å². The summed E-state index contributed by atoms with van der Waals surface area (Å²) >= 11 is 0.